The van der Waals surface area contributed by atoms with Gasteiger partial charge in [0.2, 0.25) is 0 Å². The zero-order chi connectivity index (χ0) is 7.78. The summed E-state index contributed by atoms with van der Waals surface area (Å²) in [7, 11) is 0. The van der Waals surface area contributed by atoms with Gasteiger partial charge in [0.1, 0.15) is 6.10 Å². The first-order chi connectivity index (χ1) is 4.49. The van der Waals surface area contributed by atoms with Gasteiger partial charge in [-0.15, -0.1) is 0 Å². The van der Waals surface area contributed by atoms with E-state index in [4.69, 9.17) is 4.74 Å². The van der Waals surface area contributed by atoms with Crippen molar-refractivity contribution in [1.82, 2.24) is 0 Å². The van der Waals surface area contributed by atoms with E-state index in [1.807, 2.05) is 0 Å². The Labute approximate surface area is 61.6 Å². The largest absolute Gasteiger partial charge is 0.365 e. The lowest BCUT2D eigenvalue weighted by Crippen LogP contribution is -2.16. The summed E-state index contributed by atoms with van der Waals surface area (Å²) in [5.74, 6) is 0.257. The highest BCUT2D eigenvalue weighted by Gasteiger charge is 2.33. The van der Waals surface area contributed by atoms with Crippen molar-refractivity contribution in [1.29, 1.82) is 0 Å². The fraction of sp³-hybridized carbons (Fsp3) is 0.875. The number of ketones is 1. The average molecular weight is 142 g/mol. The van der Waals surface area contributed by atoms with Gasteiger partial charge in [-0.2, -0.15) is 0 Å². The summed E-state index contributed by atoms with van der Waals surface area (Å²) in [5, 5.41) is 0. The molecule has 0 bridgehead atoms. The lowest BCUT2D eigenvalue weighted by molar-refractivity contribution is -0.121. The van der Waals surface area contributed by atoms with Gasteiger partial charge < -0.3 is 4.74 Å². The lowest BCUT2D eigenvalue weighted by Gasteiger charge is -2.15. The number of epoxide rings is 1. The van der Waals surface area contributed by atoms with Gasteiger partial charge in [-0.3, -0.25) is 4.79 Å². The van der Waals surface area contributed by atoms with E-state index in [1.165, 1.54) is 0 Å². The number of ether oxygens (including phenoxy) is 1. The molecule has 0 radical (unpaired) electrons. The van der Waals surface area contributed by atoms with Gasteiger partial charge >= 0.3 is 0 Å². The molecule has 1 fully saturated rings. The Kier molecular flexibility index (Phi) is 1.82. The third-order valence-corrected chi connectivity index (χ3v) is 1.40. The third-order valence-electron chi connectivity index (χ3n) is 1.40. The van der Waals surface area contributed by atoms with Crippen LogP contribution < -0.4 is 0 Å². The highest BCUT2D eigenvalue weighted by Crippen LogP contribution is 2.23. The van der Waals surface area contributed by atoms with Crippen LogP contribution in [-0.4, -0.2) is 18.5 Å². The van der Waals surface area contributed by atoms with Gasteiger partial charge in [0.05, 0.1) is 6.61 Å². The summed E-state index contributed by atoms with van der Waals surface area (Å²) in [5.41, 5.74) is 0.114. The van der Waals surface area contributed by atoms with Crippen LogP contribution in [0.5, 0.6) is 0 Å². The minimum Gasteiger partial charge on any atom is -0.365 e. The number of hydrogen-bond acceptors (Lipinski definition) is 2. The quantitative estimate of drug-likeness (QED) is 0.545. The summed E-state index contributed by atoms with van der Waals surface area (Å²) in [6.07, 6.45) is 0.580. The Morgan fingerprint density at radius 1 is 1.60 bits per heavy atom. The van der Waals surface area contributed by atoms with Gasteiger partial charge in [-0.05, 0) is 5.41 Å². The van der Waals surface area contributed by atoms with Crippen molar-refractivity contribution in [3.63, 3.8) is 0 Å². The van der Waals surface area contributed by atoms with Crippen molar-refractivity contribution in [2.24, 2.45) is 5.41 Å². The van der Waals surface area contributed by atoms with Gasteiger partial charge in [0, 0.05) is 6.42 Å². The van der Waals surface area contributed by atoms with Crippen molar-refractivity contribution in [3.8, 4) is 0 Å². The van der Waals surface area contributed by atoms with Crippen LogP contribution in [0.3, 0.4) is 0 Å². The number of carbonyl (C=O) groups is 1. The molecule has 2 nitrogen and oxygen atoms in total. The molecule has 0 aliphatic carbocycles. The van der Waals surface area contributed by atoms with Crippen molar-refractivity contribution < 1.29 is 9.53 Å². The van der Waals surface area contributed by atoms with Crippen LogP contribution in [-0.2, 0) is 9.53 Å². The van der Waals surface area contributed by atoms with Crippen molar-refractivity contribution >= 4 is 5.78 Å². The second kappa shape index (κ2) is 2.35. The maximum Gasteiger partial charge on any atom is 0.164 e. The highest BCUT2D eigenvalue weighted by atomic mass is 16.6. The van der Waals surface area contributed by atoms with E-state index in [2.05, 4.69) is 20.8 Å². The Morgan fingerprint density at radius 2 is 2.10 bits per heavy atom. The molecule has 0 spiro atoms. The fourth-order valence-electron chi connectivity index (χ4n) is 0.871. The van der Waals surface area contributed by atoms with Gasteiger partial charge in [-0.25, -0.2) is 0 Å². The fourth-order valence-corrected chi connectivity index (χ4v) is 0.871. The van der Waals surface area contributed by atoms with E-state index in [0.29, 0.717) is 13.0 Å². The van der Waals surface area contributed by atoms with Gasteiger partial charge in [0.15, 0.2) is 5.78 Å². The molecule has 0 aromatic carbocycles. The summed E-state index contributed by atoms with van der Waals surface area (Å²) < 4.78 is 4.87. The van der Waals surface area contributed by atoms with Crippen LogP contribution in [0.4, 0.5) is 0 Å². The Hall–Kier alpha value is -0.370. The van der Waals surface area contributed by atoms with E-state index in [1.54, 1.807) is 0 Å². The zero-order valence-electron chi connectivity index (χ0n) is 6.81. The highest BCUT2D eigenvalue weighted by molar-refractivity contribution is 5.85. The van der Waals surface area contributed by atoms with Crippen LogP contribution in [0.15, 0.2) is 0 Å². The molecule has 0 saturated carbocycles. The molecule has 0 amide bonds. The van der Waals surface area contributed by atoms with Crippen LogP contribution in [0, 0.1) is 5.41 Å². The number of hydrogen-bond donors (Lipinski definition) is 0. The third kappa shape index (κ3) is 2.48. The number of rotatable bonds is 2. The molecule has 1 atom stereocenters. The molecule has 0 aromatic heterocycles. The first-order valence-electron chi connectivity index (χ1n) is 3.63. The summed E-state index contributed by atoms with van der Waals surface area (Å²) in [6.45, 7) is 6.84. The molecule has 1 heterocycles. The lowest BCUT2D eigenvalue weighted by atomic mass is 9.89. The molecule has 0 N–H and O–H groups in total. The van der Waals surface area contributed by atoms with Gasteiger partial charge in [0.25, 0.3) is 0 Å². The molecular weight excluding hydrogens is 128 g/mol. The molecule has 0 aromatic rings. The molecule has 1 rings (SSSR count). The van der Waals surface area contributed by atoms with E-state index >= 15 is 0 Å². The normalized spacial score (nSPS) is 24.5. The minimum absolute atomic E-state index is 0.0563. The predicted octanol–water partition coefficient (Wildman–Crippen LogP) is 1.39. The number of carbonyl (C=O) groups excluding carboxylic acids is 1. The standard InChI is InChI=1S/C8H14O2/c1-8(2,3)4-6(9)7-5-10-7/h7H,4-5H2,1-3H3. The smallest absolute Gasteiger partial charge is 0.164 e. The monoisotopic (exact) mass is 142 g/mol. The zero-order valence-corrected chi connectivity index (χ0v) is 6.81. The summed E-state index contributed by atoms with van der Waals surface area (Å²) >= 11 is 0. The molecular formula is C8H14O2. The van der Waals surface area contributed by atoms with Crippen molar-refractivity contribution in [2.75, 3.05) is 6.61 Å². The first-order valence-corrected chi connectivity index (χ1v) is 3.63. The van der Waals surface area contributed by atoms with Gasteiger partial charge in [-0.1, -0.05) is 20.8 Å². The molecule has 10 heavy (non-hydrogen) atoms. The van der Waals surface area contributed by atoms with Crippen LogP contribution >= 0.6 is 0 Å². The summed E-state index contributed by atoms with van der Waals surface area (Å²) in [4.78, 5) is 11.1. The van der Waals surface area contributed by atoms with Crippen LogP contribution in [0.2, 0.25) is 0 Å². The van der Waals surface area contributed by atoms with Crippen molar-refractivity contribution in [3.05, 3.63) is 0 Å². The average Bonchev–Trinajstić information content (AvgIpc) is 2.35. The number of Topliss-reactive ketones (excluding diaryl/α,β-unsaturated/α-hetero) is 1. The van der Waals surface area contributed by atoms with E-state index in [0.717, 1.165) is 0 Å². The molecule has 1 saturated heterocycles. The topological polar surface area (TPSA) is 29.6 Å². The first kappa shape index (κ1) is 7.73. The second-order valence-corrected chi connectivity index (χ2v) is 4.03. The molecule has 1 unspecified atom stereocenters. The Balaban J connectivity index is 2.30. The Bertz CT molecular complexity index is 140. The molecule has 1 aliphatic rings. The minimum atomic E-state index is -0.0563. The van der Waals surface area contributed by atoms with E-state index < -0.39 is 0 Å². The van der Waals surface area contributed by atoms with E-state index in [-0.39, 0.29) is 17.3 Å². The molecule has 1 aliphatic heterocycles. The predicted molar refractivity (Wildman–Crippen MR) is 38.8 cm³/mol. The van der Waals surface area contributed by atoms with Crippen LogP contribution in [0.1, 0.15) is 27.2 Å². The Morgan fingerprint density at radius 3 is 2.40 bits per heavy atom. The molecule has 2 heteroatoms. The SMILES string of the molecule is CC(C)(C)CC(=O)C1CO1. The van der Waals surface area contributed by atoms with Crippen molar-refractivity contribution in [2.45, 2.75) is 33.3 Å². The van der Waals surface area contributed by atoms with Crippen LogP contribution in [0.25, 0.3) is 0 Å². The maximum absolute atomic E-state index is 11.1. The van der Waals surface area contributed by atoms with E-state index in [9.17, 15) is 4.79 Å². The summed E-state index contributed by atoms with van der Waals surface area (Å²) in [6, 6.07) is 0. The molecule has 58 valence electrons. The maximum atomic E-state index is 11.1. The second-order valence-electron chi connectivity index (χ2n) is 4.03.